The summed E-state index contributed by atoms with van der Waals surface area (Å²) in [6.07, 6.45) is 1.64. The van der Waals surface area contributed by atoms with Gasteiger partial charge in [-0.2, -0.15) is 0 Å². The van der Waals surface area contributed by atoms with Crippen molar-refractivity contribution < 1.29 is 13.0 Å². The van der Waals surface area contributed by atoms with Crippen molar-refractivity contribution in [3.63, 3.8) is 0 Å². The van der Waals surface area contributed by atoms with Crippen LogP contribution in [0.15, 0.2) is 0 Å². The van der Waals surface area contributed by atoms with Gasteiger partial charge in [-0.05, 0) is 12.8 Å². The summed E-state index contributed by atoms with van der Waals surface area (Å²) in [5, 5.41) is 0. The normalized spacial score (nSPS) is 22.8. The molecule has 0 aromatic rings. The Labute approximate surface area is 54.4 Å². The van der Waals surface area contributed by atoms with E-state index in [1.807, 2.05) is 0 Å². The first kappa shape index (κ1) is 6.98. The lowest BCUT2D eigenvalue weighted by Crippen LogP contribution is -2.26. The van der Waals surface area contributed by atoms with E-state index in [1.165, 1.54) is 0 Å². The molecule has 0 N–H and O–H groups in total. The van der Waals surface area contributed by atoms with Crippen LogP contribution < -0.4 is 0 Å². The van der Waals surface area contributed by atoms with Crippen molar-refractivity contribution in [2.75, 3.05) is 13.1 Å². The Morgan fingerprint density at radius 2 is 1.67 bits per heavy atom. The van der Waals surface area contributed by atoms with Crippen LogP contribution in [0.5, 0.6) is 0 Å². The van der Waals surface area contributed by atoms with E-state index in [-0.39, 0.29) is 0 Å². The quantitative estimate of drug-likeness (QED) is 0.475. The predicted molar refractivity (Wildman–Crippen MR) is 30.5 cm³/mol. The molecule has 0 saturated carbocycles. The minimum Gasteiger partial charge on any atom is -0.735 e. The first-order valence-corrected chi connectivity index (χ1v) is 4.18. The third-order valence-electron chi connectivity index (χ3n) is 1.38. The molecule has 0 radical (unpaired) electrons. The van der Waals surface area contributed by atoms with Gasteiger partial charge in [0.05, 0.1) is 0 Å². The van der Waals surface area contributed by atoms with Crippen LogP contribution in [0, 0.1) is 0 Å². The van der Waals surface area contributed by atoms with Crippen LogP contribution >= 0.6 is 0 Å². The largest absolute Gasteiger partial charge is 0.735 e. The molecule has 1 rings (SSSR count). The molecular formula is C4H8NO3S-. The van der Waals surface area contributed by atoms with Crippen LogP contribution in [0.25, 0.3) is 0 Å². The maximum absolute atomic E-state index is 10.2. The van der Waals surface area contributed by atoms with Crippen molar-refractivity contribution in [3.8, 4) is 0 Å². The monoisotopic (exact) mass is 150 g/mol. The van der Waals surface area contributed by atoms with Crippen LogP contribution in [0.4, 0.5) is 0 Å². The Balaban J connectivity index is 2.63. The van der Waals surface area contributed by atoms with Crippen LogP contribution in [-0.4, -0.2) is 30.4 Å². The SMILES string of the molecule is O=S(=O)([O-])N1CCCC1. The summed E-state index contributed by atoms with van der Waals surface area (Å²) in [5.41, 5.74) is 0. The van der Waals surface area contributed by atoms with Gasteiger partial charge in [-0.1, -0.05) is 0 Å². The van der Waals surface area contributed by atoms with Crippen molar-refractivity contribution in [1.82, 2.24) is 4.31 Å². The van der Waals surface area contributed by atoms with E-state index in [4.69, 9.17) is 0 Å². The van der Waals surface area contributed by atoms with E-state index in [2.05, 4.69) is 0 Å². The van der Waals surface area contributed by atoms with E-state index < -0.39 is 10.3 Å². The van der Waals surface area contributed by atoms with E-state index in [0.29, 0.717) is 13.1 Å². The zero-order valence-corrected chi connectivity index (χ0v) is 5.73. The highest BCUT2D eigenvalue weighted by Gasteiger charge is 2.15. The number of hydrogen-bond acceptors (Lipinski definition) is 3. The molecule has 1 aliphatic heterocycles. The second kappa shape index (κ2) is 2.24. The Hall–Kier alpha value is -0.130. The van der Waals surface area contributed by atoms with Gasteiger partial charge in [0.15, 0.2) is 10.3 Å². The fourth-order valence-electron chi connectivity index (χ4n) is 0.912. The minimum atomic E-state index is -4.12. The summed E-state index contributed by atoms with van der Waals surface area (Å²) in [6, 6.07) is 0. The average molecular weight is 150 g/mol. The highest BCUT2D eigenvalue weighted by molar-refractivity contribution is 7.83. The van der Waals surface area contributed by atoms with E-state index in [1.54, 1.807) is 0 Å². The second-order valence-corrected chi connectivity index (χ2v) is 3.44. The smallest absolute Gasteiger partial charge is 0.161 e. The molecule has 0 atom stereocenters. The van der Waals surface area contributed by atoms with Crippen molar-refractivity contribution in [2.24, 2.45) is 0 Å². The summed E-state index contributed by atoms with van der Waals surface area (Å²) in [7, 11) is -4.12. The molecular weight excluding hydrogens is 142 g/mol. The van der Waals surface area contributed by atoms with Gasteiger partial charge in [0.25, 0.3) is 0 Å². The molecule has 9 heavy (non-hydrogen) atoms. The van der Waals surface area contributed by atoms with E-state index >= 15 is 0 Å². The van der Waals surface area contributed by atoms with Gasteiger partial charge in [-0.25, -0.2) is 12.7 Å². The second-order valence-electron chi connectivity index (χ2n) is 2.06. The molecule has 5 heteroatoms. The Bertz CT molecular complexity index is 180. The Morgan fingerprint density at radius 1 is 1.22 bits per heavy atom. The zero-order valence-electron chi connectivity index (χ0n) is 4.91. The van der Waals surface area contributed by atoms with Crippen molar-refractivity contribution >= 4 is 10.3 Å². The lowest BCUT2D eigenvalue weighted by atomic mass is 10.4. The van der Waals surface area contributed by atoms with Gasteiger partial charge in [0.2, 0.25) is 0 Å². The summed E-state index contributed by atoms with van der Waals surface area (Å²) in [4.78, 5) is 0. The van der Waals surface area contributed by atoms with Gasteiger partial charge in [0, 0.05) is 13.1 Å². The van der Waals surface area contributed by atoms with Crippen molar-refractivity contribution in [2.45, 2.75) is 12.8 Å². The highest BCUT2D eigenvalue weighted by Crippen LogP contribution is 2.09. The third-order valence-corrected chi connectivity index (χ3v) is 2.38. The van der Waals surface area contributed by atoms with Crippen LogP contribution in [-0.2, 0) is 10.3 Å². The molecule has 0 unspecified atom stereocenters. The summed E-state index contributed by atoms with van der Waals surface area (Å²) >= 11 is 0. The molecule has 1 aliphatic rings. The molecule has 0 aromatic heterocycles. The molecule has 0 amide bonds. The van der Waals surface area contributed by atoms with Gasteiger partial charge in [-0.3, -0.25) is 0 Å². The van der Waals surface area contributed by atoms with Crippen molar-refractivity contribution in [1.29, 1.82) is 0 Å². The molecule has 4 nitrogen and oxygen atoms in total. The van der Waals surface area contributed by atoms with Gasteiger partial charge >= 0.3 is 0 Å². The third kappa shape index (κ3) is 1.64. The summed E-state index contributed by atoms with van der Waals surface area (Å²) in [5.74, 6) is 0. The predicted octanol–water partition coefficient (Wildman–Crippen LogP) is -0.458. The minimum absolute atomic E-state index is 0.409. The fourth-order valence-corrected chi connectivity index (χ4v) is 1.62. The lowest BCUT2D eigenvalue weighted by molar-refractivity contribution is 0.376. The first-order chi connectivity index (χ1) is 4.11. The van der Waals surface area contributed by atoms with Gasteiger partial charge in [0.1, 0.15) is 0 Å². The maximum Gasteiger partial charge on any atom is 0.161 e. The molecule has 0 spiro atoms. The summed E-state index contributed by atoms with van der Waals surface area (Å²) in [6.45, 7) is 0.817. The topological polar surface area (TPSA) is 60.4 Å². The molecule has 0 aromatic carbocycles. The Kier molecular flexibility index (Phi) is 1.74. The first-order valence-electron chi connectivity index (χ1n) is 2.82. The Morgan fingerprint density at radius 3 is 1.89 bits per heavy atom. The lowest BCUT2D eigenvalue weighted by Gasteiger charge is -2.17. The number of hydrogen-bond donors (Lipinski definition) is 0. The number of nitrogens with zero attached hydrogens (tertiary/aromatic N) is 1. The molecule has 1 saturated heterocycles. The average Bonchev–Trinajstić information content (AvgIpc) is 2.08. The van der Waals surface area contributed by atoms with Gasteiger partial charge in [-0.15, -0.1) is 0 Å². The molecule has 54 valence electrons. The zero-order chi connectivity index (χ0) is 6.91. The van der Waals surface area contributed by atoms with Gasteiger partial charge < -0.3 is 4.55 Å². The van der Waals surface area contributed by atoms with Crippen LogP contribution in [0.1, 0.15) is 12.8 Å². The van der Waals surface area contributed by atoms with Crippen LogP contribution in [0.3, 0.4) is 0 Å². The maximum atomic E-state index is 10.2. The summed E-state index contributed by atoms with van der Waals surface area (Å²) < 4.78 is 31.6. The number of rotatable bonds is 1. The highest BCUT2D eigenvalue weighted by atomic mass is 32.2. The molecule has 0 bridgehead atoms. The van der Waals surface area contributed by atoms with E-state index in [0.717, 1.165) is 17.1 Å². The molecule has 1 fully saturated rings. The van der Waals surface area contributed by atoms with E-state index in [9.17, 15) is 13.0 Å². The van der Waals surface area contributed by atoms with Crippen LogP contribution in [0.2, 0.25) is 0 Å². The fraction of sp³-hybridized carbons (Fsp3) is 1.00. The molecule has 1 heterocycles. The standard InChI is InChI=1S/C4H9NO3S/c6-9(7,8)5-3-1-2-4-5/h1-4H2,(H,6,7,8)/p-1. The van der Waals surface area contributed by atoms with Crippen molar-refractivity contribution in [3.05, 3.63) is 0 Å². The molecule has 0 aliphatic carbocycles.